The SMILES string of the molecule is CCc1nc(N)nc(N2CCOc3ccc(-c4cnc(Cl)c(NS(C)(=O)=O)c4)cc3C2)c1C(C)C. The molecule has 0 atom stereocenters. The number of benzene rings is 1. The number of pyridine rings is 1. The van der Waals surface area contributed by atoms with Gasteiger partial charge in [-0.25, -0.2) is 18.4 Å². The summed E-state index contributed by atoms with van der Waals surface area (Å²) in [7, 11) is -3.50. The Morgan fingerprint density at radius 3 is 2.69 bits per heavy atom. The lowest BCUT2D eigenvalue weighted by atomic mass is 9.99. The summed E-state index contributed by atoms with van der Waals surface area (Å²) in [5, 5.41) is 0.0812. The van der Waals surface area contributed by atoms with Crippen LogP contribution < -0.4 is 20.1 Å². The number of anilines is 3. The zero-order valence-corrected chi connectivity index (χ0v) is 21.7. The van der Waals surface area contributed by atoms with Crippen LogP contribution in [0.25, 0.3) is 11.1 Å². The summed E-state index contributed by atoms with van der Waals surface area (Å²) in [6.45, 7) is 8.05. The van der Waals surface area contributed by atoms with Crippen LogP contribution in [0, 0.1) is 0 Å². The molecule has 2 aromatic heterocycles. The Bertz CT molecular complexity index is 1360. The summed E-state index contributed by atoms with van der Waals surface area (Å²) < 4.78 is 31.9. The molecule has 4 rings (SSSR count). The van der Waals surface area contributed by atoms with Crippen molar-refractivity contribution in [2.75, 3.05) is 34.8 Å². The minimum absolute atomic E-state index is 0.0812. The number of nitrogens with zero attached hydrogens (tertiary/aromatic N) is 4. The molecule has 1 aliphatic rings. The van der Waals surface area contributed by atoms with Gasteiger partial charge in [-0.15, -0.1) is 0 Å². The molecule has 1 aromatic carbocycles. The van der Waals surface area contributed by atoms with Crippen LogP contribution >= 0.6 is 11.6 Å². The number of nitrogens with one attached hydrogen (secondary N) is 1. The number of fused-ring (bicyclic) bond motifs is 1. The van der Waals surface area contributed by atoms with Gasteiger partial charge in [-0.05, 0) is 36.1 Å². The Hall–Kier alpha value is -3.11. The number of sulfonamides is 1. The van der Waals surface area contributed by atoms with Gasteiger partial charge < -0.3 is 15.4 Å². The van der Waals surface area contributed by atoms with Crippen LogP contribution in [-0.2, 0) is 23.0 Å². The first-order chi connectivity index (χ1) is 16.6. The molecule has 0 bridgehead atoms. The fourth-order valence-corrected chi connectivity index (χ4v) is 5.02. The monoisotopic (exact) mass is 516 g/mol. The predicted molar refractivity (Wildman–Crippen MR) is 140 cm³/mol. The molecule has 3 N–H and O–H groups in total. The summed E-state index contributed by atoms with van der Waals surface area (Å²) in [6, 6.07) is 7.52. The van der Waals surface area contributed by atoms with Crippen molar-refractivity contribution in [2.24, 2.45) is 0 Å². The average molecular weight is 517 g/mol. The summed E-state index contributed by atoms with van der Waals surface area (Å²) in [5.74, 6) is 2.12. The molecule has 0 fully saturated rings. The van der Waals surface area contributed by atoms with E-state index in [4.69, 9.17) is 22.1 Å². The van der Waals surface area contributed by atoms with Crippen molar-refractivity contribution in [1.82, 2.24) is 15.0 Å². The highest BCUT2D eigenvalue weighted by Gasteiger charge is 2.24. The maximum Gasteiger partial charge on any atom is 0.229 e. The standard InChI is InChI=1S/C24H29ClN6O3S/c1-5-18-21(14(2)3)23(29-24(26)28-18)31-8-9-34-20-7-6-15(10-17(20)13-31)16-11-19(22(25)27-12-16)30-35(4,32)33/h6-7,10-12,14,30H,5,8-9,13H2,1-4H3,(H2,26,28,29). The number of aryl methyl sites for hydroxylation is 1. The first kappa shape index (κ1) is 25.0. The highest BCUT2D eigenvalue weighted by Crippen LogP contribution is 2.35. The van der Waals surface area contributed by atoms with E-state index in [1.54, 1.807) is 12.3 Å². The van der Waals surface area contributed by atoms with Crippen LogP contribution in [0.5, 0.6) is 5.75 Å². The third kappa shape index (κ3) is 5.59. The van der Waals surface area contributed by atoms with E-state index in [1.807, 2.05) is 18.2 Å². The van der Waals surface area contributed by atoms with Gasteiger partial charge in [0.2, 0.25) is 16.0 Å². The van der Waals surface area contributed by atoms with Crippen molar-refractivity contribution < 1.29 is 13.2 Å². The van der Waals surface area contributed by atoms with Crippen molar-refractivity contribution in [3.8, 4) is 16.9 Å². The number of nitrogen functional groups attached to an aromatic ring is 1. The second kappa shape index (κ2) is 9.87. The molecule has 3 aromatic rings. The van der Waals surface area contributed by atoms with Crippen molar-refractivity contribution in [1.29, 1.82) is 0 Å². The van der Waals surface area contributed by atoms with Gasteiger partial charge >= 0.3 is 0 Å². The average Bonchev–Trinajstić information content (AvgIpc) is 3.00. The van der Waals surface area contributed by atoms with E-state index in [0.717, 1.165) is 52.2 Å². The summed E-state index contributed by atoms with van der Waals surface area (Å²) in [5.41, 5.74) is 10.9. The Balaban J connectivity index is 1.73. The predicted octanol–water partition coefficient (Wildman–Crippen LogP) is 4.23. The molecule has 0 saturated carbocycles. The first-order valence-corrected chi connectivity index (χ1v) is 13.6. The molecule has 35 heavy (non-hydrogen) atoms. The second-order valence-corrected chi connectivity index (χ2v) is 10.9. The summed E-state index contributed by atoms with van der Waals surface area (Å²) >= 11 is 6.10. The maximum atomic E-state index is 11.7. The number of hydrogen-bond acceptors (Lipinski definition) is 8. The van der Waals surface area contributed by atoms with E-state index in [0.29, 0.717) is 19.7 Å². The Morgan fingerprint density at radius 2 is 2.00 bits per heavy atom. The quantitative estimate of drug-likeness (QED) is 0.466. The van der Waals surface area contributed by atoms with Crippen LogP contribution in [-0.4, -0.2) is 42.8 Å². The van der Waals surface area contributed by atoms with E-state index in [9.17, 15) is 8.42 Å². The van der Waals surface area contributed by atoms with Crippen LogP contribution in [0.2, 0.25) is 5.15 Å². The molecule has 1 aliphatic heterocycles. The fourth-order valence-electron chi connectivity index (χ4n) is 4.26. The Kier molecular flexibility index (Phi) is 7.05. The van der Waals surface area contributed by atoms with E-state index in [2.05, 4.69) is 45.3 Å². The van der Waals surface area contributed by atoms with Crippen LogP contribution in [0.4, 0.5) is 17.5 Å². The lowest BCUT2D eigenvalue weighted by Crippen LogP contribution is -2.28. The third-order valence-corrected chi connectivity index (χ3v) is 6.63. The van der Waals surface area contributed by atoms with E-state index in [-0.39, 0.29) is 22.7 Å². The molecule has 0 radical (unpaired) electrons. The minimum atomic E-state index is -3.50. The van der Waals surface area contributed by atoms with Gasteiger partial charge in [0, 0.05) is 29.4 Å². The van der Waals surface area contributed by atoms with Gasteiger partial charge in [-0.3, -0.25) is 4.72 Å². The zero-order valence-electron chi connectivity index (χ0n) is 20.2. The summed E-state index contributed by atoms with van der Waals surface area (Å²) in [6.07, 6.45) is 3.45. The topological polar surface area (TPSA) is 123 Å². The largest absolute Gasteiger partial charge is 0.491 e. The molecule has 0 unspecified atom stereocenters. The van der Waals surface area contributed by atoms with Gasteiger partial charge in [0.15, 0.2) is 5.15 Å². The smallest absolute Gasteiger partial charge is 0.229 e. The molecule has 0 saturated heterocycles. The normalized spacial score (nSPS) is 13.8. The van der Waals surface area contributed by atoms with Crippen LogP contribution in [0.15, 0.2) is 30.5 Å². The van der Waals surface area contributed by atoms with Gasteiger partial charge in [0.1, 0.15) is 18.2 Å². The number of nitrogens with two attached hydrogens (primary N) is 1. The molecular formula is C24H29ClN6O3S. The van der Waals surface area contributed by atoms with Crippen molar-refractivity contribution >= 4 is 39.1 Å². The van der Waals surface area contributed by atoms with Crippen LogP contribution in [0.3, 0.4) is 0 Å². The highest BCUT2D eigenvalue weighted by atomic mass is 35.5. The van der Waals surface area contributed by atoms with Crippen LogP contribution in [0.1, 0.15) is 43.5 Å². The molecule has 0 aliphatic carbocycles. The molecule has 11 heteroatoms. The molecule has 3 heterocycles. The van der Waals surface area contributed by atoms with Gasteiger partial charge in [0.05, 0.1) is 24.2 Å². The molecular weight excluding hydrogens is 488 g/mol. The fraction of sp³-hybridized carbons (Fsp3) is 0.375. The number of halogens is 1. The molecule has 9 nitrogen and oxygen atoms in total. The minimum Gasteiger partial charge on any atom is -0.491 e. The second-order valence-electron chi connectivity index (χ2n) is 8.80. The Labute approximate surface area is 210 Å². The van der Waals surface area contributed by atoms with Gasteiger partial charge in [0.25, 0.3) is 0 Å². The van der Waals surface area contributed by atoms with Gasteiger partial charge in [-0.2, -0.15) is 4.98 Å². The van der Waals surface area contributed by atoms with Crippen molar-refractivity contribution in [3.05, 3.63) is 52.4 Å². The number of ether oxygens (including phenoxy) is 1. The summed E-state index contributed by atoms with van der Waals surface area (Å²) in [4.78, 5) is 15.4. The van der Waals surface area contributed by atoms with E-state index < -0.39 is 10.0 Å². The lowest BCUT2D eigenvalue weighted by Gasteiger charge is -2.26. The van der Waals surface area contributed by atoms with E-state index >= 15 is 0 Å². The first-order valence-electron chi connectivity index (χ1n) is 11.4. The van der Waals surface area contributed by atoms with Crippen molar-refractivity contribution in [2.45, 2.75) is 39.7 Å². The molecule has 0 amide bonds. The van der Waals surface area contributed by atoms with Gasteiger partial charge in [-0.1, -0.05) is 38.4 Å². The van der Waals surface area contributed by atoms with Crippen molar-refractivity contribution in [3.63, 3.8) is 0 Å². The number of aromatic nitrogens is 3. The third-order valence-electron chi connectivity index (χ3n) is 5.74. The number of hydrogen-bond donors (Lipinski definition) is 2. The zero-order chi connectivity index (χ0) is 25.3. The Morgan fingerprint density at radius 1 is 1.23 bits per heavy atom. The lowest BCUT2D eigenvalue weighted by molar-refractivity contribution is 0.331. The number of rotatable bonds is 6. The molecule has 186 valence electrons. The van der Waals surface area contributed by atoms with E-state index in [1.165, 1.54) is 0 Å². The highest BCUT2D eigenvalue weighted by molar-refractivity contribution is 7.92. The maximum absolute atomic E-state index is 11.7. The molecule has 0 spiro atoms.